The molecule has 3 heterocycles. The number of fused-ring (bicyclic) bond motifs is 1. The van der Waals surface area contributed by atoms with E-state index in [0.717, 1.165) is 60.1 Å². The van der Waals surface area contributed by atoms with Crippen molar-refractivity contribution in [2.75, 3.05) is 18.8 Å². The summed E-state index contributed by atoms with van der Waals surface area (Å²) in [7, 11) is 0. The molecule has 3 aromatic rings. The highest BCUT2D eigenvalue weighted by atomic mass is 16.3. The second-order valence-corrected chi connectivity index (χ2v) is 6.81. The minimum Gasteiger partial charge on any atom is -0.384 e. The highest BCUT2D eigenvalue weighted by Gasteiger charge is 2.22. The lowest BCUT2D eigenvalue weighted by Gasteiger charge is -2.22. The summed E-state index contributed by atoms with van der Waals surface area (Å²) >= 11 is 0. The molecule has 1 aliphatic rings. The zero-order chi connectivity index (χ0) is 18.1. The second kappa shape index (κ2) is 7.02. The number of anilines is 1. The van der Waals surface area contributed by atoms with E-state index in [1.807, 2.05) is 36.4 Å². The van der Waals surface area contributed by atoms with Crippen molar-refractivity contribution in [3.8, 4) is 11.1 Å². The average molecular weight is 348 g/mol. The molecule has 0 radical (unpaired) electrons. The minimum absolute atomic E-state index is 0.531. The molecule has 0 saturated carbocycles. The number of nitrogens with zero attached hydrogens (tertiary/aromatic N) is 3. The highest BCUT2D eigenvalue weighted by Crippen LogP contribution is 2.32. The molecule has 4 rings (SSSR count). The summed E-state index contributed by atoms with van der Waals surface area (Å²) in [5.41, 5.74) is 10.5. The normalized spacial score (nSPS) is 16.2. The van der Waals surface area contributed by atoms with Crippen LogP contribution in [0, 0.1) is 0 Å². The van der Waals surface area contributed by atoms with Gasteiger partial charge in [0.2, 0.25) is 0 Å². The molecular formula is C21H24N4O. The first-order chi connectivity index (χ1) is 12.7. The van der Waals surface area contributed by atoms with Gasteiger partial charge in [-0.2, -0.15) is 0 Å². The smallest absolute Gasteiger partial charge is 0.150 e. The van der Waals surface area contributed by atoms with Gasteiger partial charge in [0.15, 0.2) is 6.23 Å². The Hall–Kier alpha value is -2.50. The Balaban J connectivity index is 1.84. The fraction of sp³-hybridized carbons (Fsp3) is 0.333. The number of rotatable bonds is 4. The lowest BCUT2D eigenvalue weighted by Crippen LogP contribution is -2.25. The zero-order valence-electron chi connectivity index (χ0n) is 15.0. The van der Waals surface area contributed by atoms with Crippen LogP contribution in [0.4, 0.5) is 5.82 Å². The molecule has 0 bridgehead atoms. The molecule has 5 nitrogen and oxygen atoms in total. The number of aryl methyl sites for hydroxylation is 1. The summed E-state index contributed by atoms with van der Waals surface area (Å²) in [6.07, 6.45) is 2.41. The molecule has 1 unspecified atom stereocenters. The van der Waals surface area contributed by atoms with Gasteiger partial charge in [0, 0.05) is 29.6 Å². The van der Waals surface area contributed by atoms with Gasteiger partial charge in [-0.1, -0.05) is 31.2 Å². The average Bonchev–Trinajstić information content (AvgIpc) is 3.21. The van der Waals surface area contributed by atoms with Crippen LogP contribution >= 0.6 is 0 Å². The SMILES string of the molecule is CCc1nc(N)ccc1-c1cccc2ccc(C(O)N3CCCC3)nc12. The molecule has 1 saturated heterocycles. The molecule has 1 aromatic carbocycles. The monoisotopic (exact) mass is 348 g/mol. The Kier molecular flexibility index (Phi) is 4.57. The van der Waals surface area contributed by atoms with Crippen LogP contribution in [-0.4, -0.2) is 33.1 Å². The Bertz CT molecular complexity index is 934. The zero-order valence-corrected chi connectivity index (χ0v) is 15.0. The number of hydrogen-bond acceptors (Lipinski definition) is 5. The third-order valence-electron chi connectivity index (χ3n) is 5.11. The quantitative estimate of drug-likeness (QED) is 0.754. The molecule has 26 heavy (non-hydrogen) atoms. The molecule has 0 spiro atoms. The number of hydrogen-bond donors (Lipinski definition) is 2. The van der Waals surface area contributed by atoms with Gasteiger partial charge >= 0.3 is 0 Å². The van der Waals surface area contributed by atoms with Crippen LogP contribution in [0.25, 0.3) is 22.0 Å². The third-order valence-corrected chi connectivity index (χ3v) is 5.11. The van der Waals surface area contributed by atoms with Crippen LogP contribution in [0.1, 0.15) is 37.4 Å². The number of nitrogens with two attached hydrogens (primary N) is 1. The van der Waals surface area contributed by atoms with Crippen molar-refractivity contribution in [1.29, 1.82) is 0 Å². The number of para-hydroxylation sites is 1. The minimum atomic E-state index is -0.648. The van der Waals surface area contributed by atoms with Gasteiger partial charge in [-0.25, -0.2) is 9.97 Å². The maximum absolute atomic E-state index is 10.7. The van der Waals surface area contributed by atoms with Crippen LogP contribution in [0.2, 0.25) is 0 Å². The number of aliphatic hydroxyl groups is 1. The molecule has 5 heteroatoms. The molecule has 134 valence electrons. The number of pyridine rings is 2. The van der Waals surface area contributed by atoms with E-state index in [4.69, 9.17) is 10.7 Å². The molecule has 1 atom stereocenters. The molecule has 1 fully saturated rings. The van der Waals surface area contributed by atoms with E-state index < -0.39 is 6.23 Å². The number of nitrogen functional groups attached to an aromatic ring is 1. The van der Waals surface area contributed by atoms with Crippen molar-refractivity contribution >= 4 is 16.7 Å². The predicted molar refractivity (Wildman–Crippen MR) is 105 cm³/mol. The fourth-order valence-electron chi connectivity index (χ4n) is 3.73. The van der Waals surface area contributed by atoms with Crippen molar-refractivity contribution in [3.63, 3.8) is 0 Å². The Labute approximate surface area is 153 Å². The van der Waals surface area contributed by atoms with Crippen molar-refractivity contribution in [3.05, 3.63) is 53.9 Å². The Morgan fingerprint density at radius 2 is 1.85 bits per heavy atom. The Morgan fingerprint density at radius 1 is 1.04 bits per heavy atom. The van der Waals surface area contributed by atoms with Crippen LogP contribution in [0.3, 0.4) is 0 Å². The summed E-state index contributed by atoms with van der Waals surface area (Å²) in [4.78, 5) is 11.4. The Morgan fingerprint density at radius 3 is 2.62 bits per heavy atom. The fourth-order valence-corrected chi connectivity index (χ4v) is 3.73. The van der Waals surface area contributed by atoms with Crippen LogP contribution < -0.4 is 5.73 Å². The van der Waals surface area contributed by atoms with Gasteiger partial charge in [-0.3, -0.25) is 4.90 Å². The van der Waals surface area contributed by atoms with Crippen LogP contribution in [0.5, 0.6) is 0 Å². The highest BCUT2D eigenvalue weighted by molar-refractivity contribution is 5.94. The largest absolute Gasteiger partial charge is 0.384 e. The van der Waals surface area contributed by atoms with Gasteiger partial charge in [0.05, 0.1) is 16.9 Å². The molecule has 0 aliphatic carbocycles. The van der Waals surface area contributed by atoms with E-state index in [2.05, 4.69) is 22.9 Å². The maximum atomic E-state index is 10.7. The molecule has 1 aliphatic heterocycles. The lowest BCUT2D eigenvalue weighted by molar-refractivity contribution is 0.0158. The van der Waals surface area contributed by atoms with Gasteiger partial charge < -0.3 is 10.8 Å². The van der Waals surface area contributed by atoms with E-state index in [0.29, 0.717) is 11.5 Å². The van der Waals surface area contributed by atoms with Crippen molar-refractivity contribution < 1.29 is 5.11 Å². The van der Waals surface area contributed by atoms with Crippen LogP contribution in [-0.2, 0) is 6.42 Å². The number of likely N-dealkylation sites (tertiary alicyclic amines) is 1. The lowest BCUT2D eigenvalue weighted by atomic mass is 9.99. The van der Waals surface area contributed by atoms with Crippen molar-refractivity contribution in [2.45, 2.75) is 32.4 Å². The number of benzene rings is 1. The first-order valence-corrected chi connectivity index (χ1v) is 9.25. The molecule has 3 N–H and O–H groups in total. The third kappa shape index (κ3) is 3.04. The first kappa shape index (κ1) is 16.9. The molecular weight excluding hydrogens is 324 g/mol. The van der Waals surface area contributed by atoms with Crippen molar-refractivity contribution in [1.82, 2.24) is 14.9 Å². The van der Waals surface area contributed by atoms with Gasteiger partial charge in [0.25, 0.3) is 0 Å². The first-order valence-electron chi connectivity index (χ1n) is 9.25. The van der Waals surface area contributed by atoms with Gasteiger partial charge in [0.1, 0.15) is 5.82 Å². The van der Waals surface area contributed by atoms with E-state index in [1.54, 1.807) is 0 Å². The second-order valence-electron chi connectivity index (χ2n) is 6.81. The van der Waals surface area contributed by atoms with E-state index >= 15 is 0 Å². The topological polar surface area (TPSA) is 75.3 Å². The van der Waals surface area contributed by atoms with Gasteiger partial charge in [-0.05, 0) is 37.5 Å². The van der Waals surface area contributed by atoms with Crippen molar-refractivity contribution in [2.24, 2.45) is 0 Å². The number of aromatic nitrogens is 2. The van der Waals surface area contributed by atoms with E-state index in [1.165, 1.54) is 0 Å². The summed E-state index contributed by atoms with van der Waals surface area (Å²) in [5.74, 6) is 0.531. The summed E-state index contributed by atoms with van der Waals surface area (Å²) < 4.78 is 0. The van der Waals surface area contributed by atoms with E-state index in [-0.39, 0.29) is 0 Å². The summed E-state index contributed by atoms with van der Waals surface area (Å²) in [6.45, 7) is 3.92. The molecule has 2 aromatic heterocycles. The summed E-state index contributed by atoms with van der Waals surface area (Å²) in [6, 6.07) is 14.0. The van der Waals surface area contributed by atoms with Gasteiger partial charge in [-0.15, -0.1) is 0 Å². The number of aliphatic hydroxyl groups excluding tert-OH is 1. The predicted octanol–water partition coefficient (Wildman–Crippen LogP) is 3.53. The van der Waals surface area contributed by atoms with E-state index in [9.17, 15) is 5.11 Å². The standard InChI is InChI=1S/C21H24N4O/c1-2-17-15(9-11-19(22)23-17)16-7-5-6-14-8-10-18(24-20(14)16)21(26)25-12-3-4-13-25/h5-11,21,26H,2-4,12-13H2,1H3,(H2,22,23). The maximum Gasteiger partial charge on any atom is 0.150 e. The van der Waals surface area contributed by atoms with Crippen LogP contribution in [0.15, 0.2) is 42.5 Å². The molecule has 0 amide bonds. The summed E-state index contributed by atoms with van der Waals surface area (Å²) in [5, 5.41) is 11.8.